The first-order chi connectivity index (χ1) is 9.91. The Bertz CT molecular complexity index is 278. The third-order valence-electron chi connectivity index (χ3n) is 2.99. The van der Waals surface area contributed by atoms with Crippen molar-refractivity contribution in [3.8, 4) is 0 Å². The number of hydrogen-bond acceptors (Lipinski definition) is 0. The summed E-state index contributed by atoms with van der Waals surface area (Å²) < 4.78 is 0. The largest absolute Gasteiger partial charge is 0.0882 e. The van der Waals surface area contributed by atoms with E-state index in [-0.39, 0.29) is 0 Å². The van der Waals surface area contributed by atoms with Crippen LogP contribution in [0.1, 0.15) is 64.7 Å². The zero-order chi connectivity index (χ0) is 14.7. The van der Waals surface area contributed by atoms with Crippen LogP contribution in [-0.2, 0) is 0 Å². The summed E-state index contributed by atoms with van der Waals surface area (Å²) in [4.78, 5) is 0. The summed E-state index contributed by atoms with van der Waals surface area (Å²) >= 11 is 0. The maximum absolute atomic E-state index is 3.71. The Kier molecular flexibility index (Phi) is 17.0. The predicted octanol–water partition coefficient (Wildman–Crippen LogP) is 6.78. The lowest BCUT2D eigenvalue weighted by molar-refractivity contribution is 0.728. The Morgan fingerprint density at radius 1 is 0.600 bits per heavy atom. The number of unbranched alkanes of at least 4 members (excludes halogenated alkanes) is 5. The molecule has 0 aromatic heterocycles. The van der Waals surface area contributed by atoms with E-state index in [1.807, 2.05) is 6.42 Å². The van der Waals surface area contributed by atoms with Crippen LogP contribution >= 0.6 is 0 Å². The maximum Gasteiger partial charge on any atom is -0.0169 e. The third-order valence-corrected chi connectivity index (χ3v) is 2.99. The second-order valence-electron chi connectivity index (χ2n) is 4.95. The SMILES string of the molecule is [CH2][CH]CCC=CCC=CCC=CCC=CCCCCC. The highest BCUT2D eigenvalue weighted by Gasteiger charge is 1.81. The molecule has 0 bridgehead atoms. The number of allylic oxidation sites excluding steroid dienone is 8. The van der Waals surface area contributed by atoms with Crippen LogP contribution in [0.15, 0.2) is 48.6 Å². The van der Waals surface area contributed by atoms with Crippen molar-refractivity contribution in [3.05, 3.63) is 62.0 Å². The summed E-state index contributed by atoms with van der Waals surface area (Å²) in [5.41, 5.74) is 0. The first-order valence-electron chi connectivity index (χ1n) is 8.12. The molecule has 0 nitrogen and oxygen atoms in total. The molecule has 0 spiro atoms. The van der Waals surface area contributed by atoms with Crippen molar-refractivity contribution in [3.63, 3.8) is 0 Å². The van der Waals surface area contributed by atoms with Crippen LogP contribution in [0, 0.1) is 13.3 Å². The van der Waals surface area contributed by atoms with Crippen LogP contribution in [0.4, 0.5) is 0 Å². The van der Waals surface area contributed by atoms with Gasteiger partial charge in [0.15, 0.2) is 0 Å². The van der Waals surface area contributed by atoms with Gasteiger partial charge in [-0.05, 0) is 58.3 Å². The van der Waals surface area contributed by atoms with E-state index < -0.39 is 0 Å². The van der Waals surface area contributed by atoms with Gasteiger partial charge in [0.05, 0.1) is 0 Å². The Labute approximate surface area is 127 Å². The first-order valence-corrected chi connectivity index (χ1v) is 8.12. The van der Waals surface area contributed by atoms with Gasteiger partial charge in [-0.3, -0.25) is 0 Å². The fourth-order valence-corrected chi connectivity index (χ4v) is 1.78. The fourth-order valence-electron chi connectivity index (χ4n) is 1.78. The Hall–Kier alpha value is -1.04. The van der Waals surface area contributed by atoms with Gasteiger partial charge in [-0.2, -0.15) is 0 Å². The van der Waals surface area contributed by atoms with Gasteiger partial charge in [-0.1, -0.05) is 68.4 Å². The minimum Gasteiger partial charge on any atom is -0.0882 e. The van der Waals surface area contributed by atoms with E-state index in [9.17, 15) is 0 Å². The molecule has 0 N–H and O–H groups in total. The monoisotopic (exact) mass is 272 g/mol. The van der Waals surface area contributed by atoms with E-state index in [0.717, 1.165) is 32.1 Å². The quantitative estimate of drug-likeness (QED) is 0.256. The Balaban J connectivity index is 3.36. The lowest BCUT2D eigenvalue weighted by Gasteiger charge is -1.90. The lowest BCUT2D eigenvalue weighted by Crippen LogP contribution is -1.70. The highest BCUT2D eigenvalue weighted by molar-refractivity contribution is 4.99. The molecule has 0 unspecified atom stereocenters. The molecule has 0 heterocycles. The molecule has 0 saturated carbocycles. The Morgan fingerprint density at radius 3 is 1.60 bits per heavy atom. The molecule has 0 heteroatoms. The zero-order valence-electron chi connectivity index (χ0n) is 13.3. The van der Waals surface area contributed by atoms with Gasteiger partial charge in [0.2, 0.25) is 0 Å². The highest BCUT2D eigenvalue weighted by Crippen LogP contribution is 2.01. The maximum atomic E-state index is 3.71. The number of rotatable bonds is 13. The molecular formula is C20H32. The van der Waals surface area contributed by atoms with Crippen molar-refractivity contribution < 1.29 is 0 Å². The number of hydrogen-bond donors (Lipinski definition) is 0. The van der Waals surface area contributed by atoms with Gasteiger partial charge >= 0.3 is 0 Å². The molecule has 0 aliphatic rings. The van der Waals surface area contributed by atoms with Gasteiger partial charge in [-0.15, -0.1) is 0 Å². The van der Waals surface area contributed by atoms with Crippen LogP contribution in [-0.4, -0.2) is 0 Å². The van der Waals surface area contributed by atoms with E-state index in [4.69, 9.17) is 0 Å². The minimum absolute atomic E-state index is 1.04. The molecule has 0 saturated heterocycles. The molecule has 0 fully saturated rings. The van der Waals surface area contributed by atoms with Gasteiger partial charge < -0.3 is 0 Å². The van der Waals surface area contributed by atoms with Crippen molar-refractivity contribution in [1.29, 1.82) is 0 Å². The molecule has 0 aromatic rings. The zero-order valence-corrected chi connectivity index (χ0v) is 13.3. The van der Waals surface area contributed by atoms with Crippen molar-refractivity contribution in [2.24, 2.45) is 0 Å². The third kappa shape index (κ3) is 17.0. The van der Waals surface area contributed by atoms with E-state index in [1.165, 1.54) is 25.7 Å². The summed E-state index contributed by atoms with van der Waals surface area (Å²) in [7, 11) is 0. The van der Waals surface area contributed by atoms with Crippen molar-refractivity contribution in [2.75, 3.05) is 0 Å². The molecule has 112 valence electrons. The van der Waals surface area contributed by atoms with Crippen molar-refractivity contribution >= 4 is 0 Å². The molecule has 0 aliphatic heterocycles. The van der Waals surface area contributed by atoms with E-state index in [2.05, 4.69) is 62.5 Å². The van der Waals surface area contributed by atoms with Gasteiger partial charge in [0.1, 0.15) is 0 Å². The van der Waals surface area contributed by atoms with Crippen LogP contribution in [0.25, 0.3) is 0 Å². The van der Waals surface area contributed by atoms with E-state index >= 15 is 0 Å². The average molecular weight is 272 g/mol. The molecule has 0 aromatic carbocycles. The molecule has 0 atom stereocenters. The molecular weight excluding hydrogens is 240 g/mol. The van der Waals surface area contributed by atoms with Gasteiger partial charge in [0.25, 0.3) is 0 Å². The summed E-state index contributed by atoms with van der Waals surface area (Å²) in [6, 6.07) is 0. The first kappa shape index (κ1) is 19.0. The van der Waals surface area contributed by atoms with Crippen molar-refractivity contribution in [1.82, 2.24) is 0 Å². The normalized spacial score (nSPS) is 12.7. The summed E-state index contributed by atoms with van der Waals surface area (Å²) in [5, 5.41) is 0. The minimum atomic E-state index is 1.04. The predicted molar refractivity (Wildman–Crippen MR) is 93.4 cm³/mol. The van der Waals surface area contributed by atoms with Crippen molar-refractivity contribution in [2.45, 2.75) is 64.7 Å². The molecule has 0 rings (SSSR count). The van der Waals surface area contributed by atoms with Crippen LogP contribution in [0.5, 0.6) is 0 Å². The smallest absolute Gasteiger partial charge is 0.0169 e. The second kappa shape index (κ2) is 18.0. The van der Waals surface area contributed by atoms with Crippen LogP contribution in [0.3, 0.4) is 0 Å². The van der Waals surface area contributed by atoms with Crippen LogP contribution < -0.4 is 0 Å². The van der Waals surface area contributed by atoms with Gasteiger partial charge in [0, 0.05) is 0 Å². The summed E-state index contributed by atoms with van der Waals surface area (Å²) in [5.74, 6) is 0. The average Bonchev–Trinajstić information content (AvgIpc) is 2.47. The summed E-state index contributed by atoms with van der Waals surface area (Å²) in [6.45, 7) is 5.95. The summed E-state index contributed by atoms with van der Waals surface area (Å²) in [6.07, 6.45) is 30.5. The van der Waals surface area contributed by atoms with Gasteiger partial charge in [-0.25, -0.2) is 0 Å². The van der Waals surface area contributed by atoms with E-state index in [0.29, 0.717) is 0 Å². The topological polar surface area (TPSA) is 0 Å². The highest BCUT2D eigenvalue weighted by atomic mass is 13.9. The molecule has 0 amide bonds. The fraction of sp³-hybridized carbons (Fsp3) is 0.500. The molecule has 0 aliphatic carbocycles. The van der Waals surface area contributed by atoms with Crippen LogP contribution in [0.2, 0.25) is 0 Å². The lowest BCUT2D eigenvalue weighted by atomic mass is 10.2. The Morgan fingerprint density at radius 2 is 1.10 bits per heavy atom. The molecule has 20 heavy (non-hydrogen) atoms. The molecule has 2 radical (unpaired) electrons. The second-order valence-corrected chi connectivity index (χ2v) is 4.95. The van der Waals surface area contributed by atoms with E-state index in [1.54, 1.807) is 0 Å². The standard InChI is InChI=1S/C20H32/c1-3-5-7-9-11-13-15-17-19-20-18-16-14-12-10-8-6-4-2/h3,9,11-12,14-15,17-18,20H,1,4-8,10,13,16,19H2,2H3.